The highest BCUT2D eigenvalue weighted by molar-refractivity contribution is 5.97. The summed E-state index contributed by atoms with van der Waals surface area (Å²) in [5.41, 5.74) is 7.19. The Morgan fingerprint density at radius 2 is 1.70 bits per heavy atom. The molecular formula is C33H39N3O4. The number of nitrogens with one attached hydrogen (secondary N) is 2. The van der Waals surface area contributed by atoms with Crippen LogP contribution in [0.2, 0.25) is 0 Å². The first-order valence-corrected chi connectivity index (χ1v) is 13.8. The first-order chi connectivity index (χ1) is 19.0. The number of hydrogen-bond acceptors (Lipinski definition) is 5. The van der Waals surface area contributed by atoms with E-state index >= 15 is 0 Å². The molecule has 7 nitrogen and oxygen atoms in total. The van der Waals surface area contributed by atoms with Gasteiger partial charge >= 0.3 is 11.9 Å². The van der Waals surface area contributed by atoms with Gasteiger partial charge in [-0.05, 0) is 120 Å². The average molecular weight is 542 g/mol. The van der Waals surface area contributed by atoms with Gasteiger partial charge in [0.25, 0.3) is 0 Å². The van der Waals surface area contributed by atoms with Gasteiger partial charge in [-0.15, -0.1) is 0 Å². The van der Waals surface area contributed by atoms with Crippen molar-refractivity contribution in [1.29, 1.82) is 0 Å². The predicted molar refractivity (Wildman–Crippen MR) is 159 cm³/mol. The van der Waals surface area contributed by atoms with Gasteiger partial charge in [-0.1, -0.05) is 17.2 Å². The van der Waals surface area contributed by atoms with Gasteiger partial charge in [-0.2, -0.15) is 0 Å². The molecule has 0 aliphatic rings. The zero-order valence-electron chi connectivity index (χ0n) is 24.0. The van der Waals surface area contributed by atoms with Crippen molar-refractivity contribution in [2.45, 2.75) is 59.5 Å². The molecule has 2 aromatic carbocycles. The molecule has 0 radical (unpaired) electrons. The van der Waals surface area contributed by atoms with Crippen LogP contribution >= 0.6 is 0 Å². The molecule has 3 N–H and O–H groups in total. The number of rotatable bonds is 11. The molecule has 0 saturated heterocycles. The quantitative estimate of drug-likeness (QED) is 0.153. The third-order valence-corrected chi connectivity index (χ3v) is 6.88. The minimum absolute atomic E-state index is 0.205. The standard InChI is InChI=1S/C33H39N3O4/c1-21-16-22(2)18-26(17-21)30-27(28-19-24(31(37)38)8-9-29(28)36-30)12-15-35-20-25(32(39)40-33(3,4)5)7-6-23-10-13-34-14-11-23/h8-11,13-14,16-19,25,35-36H,6-7,12,15,20H2,1-5H3,(H,37,38). The number of hydrogen-bond donors (Lipinski definition) is 3. The van der Waals surface area contributed by atoms with Crippen molar-refractivity contribution >= 4 is 22.8 Å². The van der Waals surface area contributed by atoms with E-state index in [-0.39, 0.29) is 17.5 Å². The molecule has 0 bridgehead atoms. The fourth-order valence-electron chi connectivity index (χ4n) is 5.07. The summed E-state index contributed by atoms with van der Waals surface area (Å²) >= 11 is 0. The first-order valence-electron chi connectivity index (χ1n) is 13.8. The lowest BCUT2D eigenvalue weighted by molar-refractivity contribution is -0.160. The Labute approximate surface area is 236 Å². The minimum atomic E-state index is -0.950. The van der Waals surface area contributed by atoms with Gasteiger partial charge in [-0.3, -0.25) is 9.78 Å². The number of benzene rings is 2. The summed E-state index contributed by atoms with van der Waals surface area (Å²) in [5, 5.41) is 14.0. The number of carbonyl (C=O) groups is 2. The molecular weight excluding hydrogens is 502 g/mol. The summed E-state index contributed by atoms with van der Waals surface area (Å²) in [5.74, 6) is -1.45. The number of aryl methyl sites for hydroxylation is 3. The van der Waals surface area contributed by atoms with Gasteiger partial charge in [0.05, 0.1) is 11.5 Å². The maximum absolute atomic E-state index is 13.0. The Morgan fingerprint density at radius 1 is 1.00 bits per heavy atom. The molecule has 1 atom stereocenters. The lowest BCUT2D eigenvalue weighted by atomic mass is 9.98. The molecule has 0 aliphatic carbocycles. The monoisotopic (exact) mass is 541 g/mol. The Morgan fingerprint density at radius 3 is 2.35 bits per heavy atom. The number of ether oxygens (including phenoxy) is 1. The average Bonchev–Trinajstić information content (AvgIpc) is 3.25. The molecule has 0 aliphatic heterocycles. The molecule has 40 heavy (non-hydrogen) atoms. The first kappa shape index (κ1) is 29.0. The Hall–Kier alpha value is -3.97. The summed E-state index contributed by atoms with van der Waals surface area (Å²) in [4.78, 5) is 32.4. The van der Waals surface area contributed by atoms with Crippen molar-refractivity contribution in [3.8, 4) is 11.3 Å². The number of aromatic nitrogens is 2. The molecule has 4 aromatic rings. The second-order valence-corrected chi connectivity index (χ2v) is 11.5. The summed E-state index contributed by atoms with van der Waals surface area (Å²) in [6, 6.07) is 15.6. The Bertz CT molecular complexity index is 1460. The number of H-pyrrole nitrogens is 1. The number of aromatic amines is 1. The molecule has 0 amide bonds. The van der Waals surface area contributed by atoms with Crippen LogP contribution in [0.4, 0.5) is 0 Å². The summed E-state index contributed by atoms with van der Waals surface area (Å²) in [6.45, 7) is 10.9. The molecule has 0 saturated carbocycles. The van der Waals surface area contributed by atoms with Crippen LogP contribution in [0, 0.1) is 19.8 Å². The van der Waals surface area contributed by atoms with Crippen molar-refractivity contribution in [2.24, 2.45) is 5.92 Å². The second-order valence-electron chi connectivity index (χ2n) is 11.5. The van der Waals surface area contributed by atoms with Crippen LogP contribution < -0.4 is 5.32 Å². The number of esters is 1. The van der Waals surface area contributed by atoms with Gasteiger partial charge in [0.2, 0.25) is 0 Å². The molecule has 4 rings (SSSR count). The predicted octanol–water partition coefficient (Wildman–Crippen LogP) is 6.27. The molecule has 1 unspecified atom stereocenters. The molecule has 2 aromatic heterocycles. The zero-order valence-corrected chi connectivity index (χ0v) is 24.0. The number of pyridine rings is 1. The number of carbonyl (C=O) groups excluding carboxylic acids is 1. The summed E-state index contributed by atoms with van der Waals surface area (Å²) < 4.78 is 5.73. The Kier molecular flexibility index (Phi) is 9.05. The lowest BCUT2D eigenvalue weighted by Gasteiger charge is -2.24. The van der Waals surface area contributed by atoms with Crippen LogP contribution in [0.5, 0.6) is 0 Å². The van der Waals surface area contributed by atoms with Crippen LogP contribution in [-0.4, -0.2) is 45.7 Å². The highest BCUT2D eigenvalue weighted by Crippen LogP contribution is 2.32. The van der Waals surface area contributed by atoms with E-state index in [4.69, 9.17) is 4.74 Å². The van der Waals surface area contributed by atoms with E-state index < -0.39 is 11.6 Å². The minimum Gasteiger partial charge on any atom is -0.478 e. The summed E-state index contributed by atoms with van der Waals surface area (Å²) in [6.07, 6.45) is 5.61. The highest BCUT2D eigenvalue weighted by atomic mass is 16.6. The van der Waals surface area contributed by atoms with Crippen molar-refractivity contribution in [3.63, 3.8) is 0 Å². The topological polar surface area (TPSA) is 104 Å². The van der Waals surface area contributed by atoms with Gasteiger partial charge < -0.3 is 20.1 Å². The third kappa shape index (κ3) is 7.57. The molecule has 0 fully saturated rings. The van der Waals surface area contributed by atoms with E-state index in [0.29, 0.717) is 25.9 Å². The number of carboxylic acid groups (broad SMARTS) is 1. The van der Waals surface area contributed by atoms with Gasteiger partial charge in [0, 0.05) is 35.5 Å². The maximum atomic E-state index is 13.0. The Balaban J connectivity index is 1.54. The van der Waals surface area contributed by atoms with Crippen molar-refractivity contribution in [2.75, 3.05) is 13.1 Å². The van der Waals surface area contributed by atoms with Crippen molar-refractivity contribution in [3.05, 3.63) is 88.7 Å². The SMILES string of the molecule is Cc1cc(C)cc(-c2[nH]c3ccc(C(=O)O)cc3c2CCNCC(CCc2ccncc2)C(=O)OC(C)(C)C)c1. The van der Waals surface area contributed by atoms with E-state index in [1.165, 1.54) is 11.1 Å². The van der Waals surface area contributed by atoms with Crippen LogP contribution in [0.25, 0.3) is 22.2 Å². The number of nitrogens with zero attached hydrogens (tertiary/aromatic N) is 1. The molecule has 210 valence electrons. The normalized spacial score (nSPS) is 12.4. The van der Waals surface area contributed by atoms with Crippen molar-refractivity contribution in [1.82, 2.24) is 15.3 Å². The smallest absolute Gasteiger partial charge is 0.335 e. The number of aromatic carboxylic acids is 1. The van der Waals surface area contributed by atoms with Crippen LogP contribution in [-0.2, 0) is 22.4 Å². The summed E-state index contributed by atoms with van der Waals surface area (Å²) in [7, 11) is 0. The fourth-order valence-corrected chi connectivity index (χ4v) is 5.07. The van der Waals surface area contributed by atoms with Crippen LogP contribution in [0.1, 0.15) is 59.8 Å². The van der Waals surface area contributed by atoms with E-state index in [9.17, 15) is 14.7 Å². The fraction of sp³-hybridized carbons (Fsp3) is 0.364. The van der Waals surface area contributed by atoms with Crippen molar-refractivity contribution < 1.29 is 19.4 Å². The molecule has 7 heteroatoms. The molecule has 0 spiro atoms. The van der Waals surface area contributed by atoms with E-state index in [2.05, 4.69) is 47.3 Å². The highest BCUT2D eigenvalue weighted by Gasteiger charge is 2.25. The zero-order chi connectivity index (χ0) is 28.9. The number of carboxylic acids is 1. The van der Waals surface area contributed by atoms with E-state index in [1.807, 2.05) is 39.0 Å². The van der Waals surface area contributed by atoms with Gasteiger partial charge in [0.1, 0.15) is 5.60 Å². The van der Waals surface area contributed by atoms with Crippen LogP contribution in [0.15, 0.2) is 60.9 Å². The third-order valence-electron chi connectivity index (χ3n) is 6.88. The molecule has 2 heterocycles. The second kappa shape index (κ2) is 12.5. The lowest BCUT2D eigenvalue weighted by Crippen LogP contribution is -2.35. The largest absolute Gasteiger partial charge is 0.478 e. The van der Waals surface area contributed by atoms with E-state index in [0.717, 1.165) is 39.7 Å². The van der Waals surface area contributed by atoms with E-state index in [1.54, 1.807) is 24.5 Å². The van der Waals surface area contributed by atoms with Gasteiger partial charge in [0.15, 0.2) is 0 Å². The number of fused-ring (bicyclic) bond motifs is 1. The maximum Gasteiger partial charge on any atom is 0.335 e. The van der Waals surface area contributed by atoms with Crippen LogP contribution in [0.3, 0.4) is 0 Å². The van der Waals surface area contributed by atoms with Gasteiger partial charge in [-0.25, -0.2) is 4.79 Å².